The first-order valence-corrected chi connectivity index (χ1v) is 6.61. The molecule has 0 radical (unpaired) electrons. The fraction of sp³-hybridized carbons (Fsp3) is 0.538. The minimum Gasteiger partial charge on any atom is -0.299 e. The molecular formula is C13H15ClF4N2. The van der Waals surface area contributed by atoms with Crippen LogP contribution in [0.4, 0.5) is 17.6 Å². The number of rotatable bonds is 2. The Labute approximate surface area is 119 Å². The van der Waals surface area contributed by atoms with E-state index in [2.05, 4.69) is 0 Å². The summed E-state index contributed by atoms with van der Waals surface area (Å²) in [6.07, 6.45) is -3.98. The molecule has 0 saturated carbocycles. The number of nitrogens with zero attached hydrogens (tertiary/aromatic N) is 1. The second-order valence-corrected chi connectivity index (χ2v) is 5.52. The normalized spacial score (nSPS) is 20.1. The molecule has 1 fully saturated rings. The van der Waals surface area contributed by atoms with Crippen LogP contribution in [-0.2, 0) is 12.7 Å². The Bertz CT molecular complexity index is 478. The topological polar surface area (TPSA) is 29.3 Å². The Morgan fingerprint density at radius 2 is 1.85 bits per heavy atom. The summed E-state index contributed by atoms with van der Waals surface area (Å²) in [5.74, 6) is -1.64. The molecule has 1 saturated heterocycles. The summed E-state index contributed by atoms with van der Waals surface area (Å²) in [4.78, 5) is 1.93. The van der Waals surface area contributed by atoms with Crippen LogP contribution in [0, 0.1) is 0 Å². The number of hydrogen-bond donors (Lipinski definition) is 1. The van der Waals surface area contributed by atoms with Crippen LogP contribution >= 0.6 is 11.6 Å². The molecule has 112 valence electrons. The van der Waals surface area contributed by atoms with Crippen LogP contribution in [-0.4, -0.2) is 23.8 Å². The third kappa shape index (κ3) is 3.84. The summed E-state index contributed by atoms with van der Waals surface area (Å²) in [5.41, 5.74) is 5.22. The van der Waals surface area contributed by atoms with Gasteiger partial charge in [-0.15, -0.1) is 0 Å². The van der Waals surface area contributed by atoms with Gasteiger partial charge < -0.3 is 0 Å². The zero-order valence-electron chi connectivity index (χ0n) is 10.7. The molecule has 1 aromatic rings. The van der Waals surface area contributed by atoms with E-state index in [4.69, 9.17) is 17.3 Å². The van der Waals surface area contributed by atoms with E-state index >= 15 is 0 Å². The van der Waals surface area contributed by atoms with Crippen molar-refractivity contribution in [3.63, 3.8) is 0 Å². The van der Waals surface area contributed by atoms with Crippen molar-refractivity contribution < 1.29 is 17.6 Å². The zero-order chi connectivity index (χ0) is 15.0. The molecule has 1 aliphatic rings. The lowest BCUT2D eigenvalue weighted by molar-refractivity contribution is -0.137. The molecule has 1 heterocycles. The minimum absolute atomic E-state index is 0.0738. The third-order valence-electron chi connectivity index (χ3n) is 3.46. The maximum absolute atomic E-state index is 13.4. The molecule has 0 unspecified atom stereocenters. The summed E-state index contributed by atoms with van der Waals surface area (Å²) in [6.45, 7) is 1.32. The number of hydrogen-bond acceptors (Lipinski definition) is 2. The van der Waals surface area contributed by atoms with Gasteiger partial charge in [0, 0.05) is 37.5 Å². The van der Waals surface area contributed by atoms with Crippen molar-refractivity contribution in [2.45, 2.75) is 31.4 Å². The predicted molar refractivity (Wildman–Crippen MR) is 69.0 cm³/mol. The smallest absolute Gasteiger partial charge is 0.299 e. The first-order chi connectivity index (χ1) is 9.17. The summed E-state index contributed by atoms with van der Waals surface area (Å²) in [5, 5.41) is 0.0738. The molecule has 2 N–H and O–H groups in total. The molecule has 0 aliphatic carbocycles. The maximum atomic E-state index is 13.4. The van der Waals surface area contributed by atoms with Crippen molar-refractivity contribution in [3.8, 4) is 0 Å². The highest BCUT2D eigenvalue weighted by Gasteiger charge is 2.32. The van der Waals surface area contributed by atoms with Gasteiger partial charge in [-0.1, -0.05) is 17.7 Å². The van der Waals surface area contributed by atoms with Crippen LogP contribution in [0.2, 0.25) is 5.02 Å². The van der Waals surface area contributed by atoms with Crippen LogP contribution in [0.5, 0.6) is 0 Å². The molecule has 1 aromatic carbocycles. The van der Waals surface area contributed by atoms with Crippen LogP contribution in [0.3, 0.4) is 0 Å². The molecule has 2 nitrogen and oxygen atoms in total. The number of benzene rings is 1. The van der Waals surface area contributed by atoms with Crippen molar-refractivity contribution in [2.24, 2.45) is 5.73 Å². The van der Waals surface area contributed by atoms with Gasteiger partial charge in [-0.2, -0.15) is 13.2 Å². The predicted octanol–water partition coefficient (Wildman–Crippen LogP) is 3.58. The molecule has 0 aromatic heterocycles. The van der Waals surface area contributed by atoms with Crippen molar-refractivity contribution in [1.29, 1.82) is 0 Å². The van der Waals surface area contributed by atoms with Gasteiger partial charge in [0.1, 0.15) is 0 Å². The minimum atomic E-state index is -4.40. The van der Waals surface area contributed by atoms with Gasteiger partial charge in [0.2, 0.25) is 0 Å². The van der Waals surface area contributed by atoms with Crippen LogP contribution in [0.1, 0.15) is 24.0 Å². The van der Waals surface area contributed by atoms with E-state index in [9.17, 15) is 17.6 Å². The quantitative estimate of drug-likeness (QED) is 0.668. The molecule has 2 rings (SSSR count). The largest absolute Gasteiger partial charge is 0.416 e. The lowest BCUT2D eigenvalue weighted by Gasteiger charge is -2.34. The zero-order valence-corrected chi connectivity index (χ0v) is 11.4. The van der Waals surface area contributed by atoms with Gasteiger partial charge in [0.05, 0.1) is 5.56 Å². The number of alkyl halides is 4. The molecule has 1 aliphatic heterocycles. The fourth-order valence-corrected chi connectivity index (χ4v) is 2.42. The highest BCUT2D eigenvalue weighted by atomic mass is 35.5. The standard InChI is InChI=1S/C13H15ClF4N2/c14-11-7-10(13(16,17)18)2-1-9(11)8-20-5-3-12(15,19)4-6-20/h1-2,7H,3-6,8,19H2. The van der Waals surface area contributed by atoms with E-state index in [1.807, 2.05) is 4.90 Å². The Kier molecular flexibility index (Phi) is 4.27. The van der Waals surface area contributed by atoms with Crippen molar-refractivity contribution in [1.82, 2.24) is 4.90 Å². The number of nitrogens with two attached hydrogens (primary N) is 1. The van der Waals surface area contributed by atoms with E-state index in [0.717, 1.165) is 12.1 Å². The number of likely N-dealkylation sites (tertiary alicyclic amines) is 1. The van der Waals surface area contributed by atoms with Gasteiger partial charge in [-0.25, -0.2) is 4.39 Å². The Balaban J connectivity index is 2.04. The SMILES string of the molecule is NC1(F)CCN(Cc2ccc(C(F)(F)F)cc2Cl)CC1. The van der Waals surface area contributed by atoms with Crippen molar-refractivity contribution in [3.05, 3.63) is 34.3 Å². The lowest BCUT2D eigenvalue weighted by Crippen LogP contribution is -2.46. The van der Waals surface area contributed by atoms with Gasteiger partial charge in [0.15, 0.2) is 5.79 Å². The summed E-state index contributed by atoms with van der Waals surface area (Å²) < 4.78 is 51.0. The Morgan fingerprint density at radius 3 is 2.35 bits per heavy atom. The highest BCUT2D eigenvalue weighted by Crippen LogP contribution is 2.32. The van der Waals surface area contributed by atoms with Crippen LogP contribution in [0.25, 0.3) is 0 Å². The summed E-state index contributed by atoms with van der Waals surface area (Å²) in [7, 11) is 0. The molecule has 7 heteroatoms. The molecule has 0 spiro atoms. The maximum Gasteiger partial charge on any atom is 0.416 e. The first-order valence-electron chi connectivity index (χ1n) is 6.23. The Hall–Kier alpha value is -0.850. The first kappa shape index (κ1) is 15.5. The van der Waals surface area contributed by atoms with E-state index < -0.39 is 17.5 Å². The second-order valence-electron chi connectivity index (χ2n) is 5.11. The van der Waals surface area contributed by atoms with Gasteiger partial charge in [-0.05, 0) is 17.7 Å². The number of piperidine rings is 1. The fourth-order valence-electron chi connectivity index (χ4n) is 2.18. The molecular weight excluding hydrogens is 296 g/mol. The van der Waals surface area contributed by atoms with Crippen molar-refractivity contribution in [2.75, 3.05) is 13.1 Å². The van der Waals surface area contributed by atoms with Gasteiger partial charge in [0.25, 0.3) is 0 Å². The van der Waals surface area contributed by atoms with E-state index in [-0.39, 0.29) is 17.9 Å². The third-order valence-corrected chi connectivity index (χ3v) is 3.81. The van der Waals surface area contributed by atoms with E-state index in [1.165, 1.54) is 6.07 Å². The molecule has 20 heavy (non-hydrogen) atoms. The average molecular weight is 311 g/mol. The molecule has 0 amide bonds. The summed E-state index contributed by atoms with van der Waals surface area (Å²) in [6, 6.07) is 3.29. The lowest BCUT2D eigenvalue weighted by atomic mass is 10.0. The summed E-state index contributed by atoms with van der Waals surface area (Å²) >= 11 is 5.89. The van der Waals surface area contributed by atoms with Crippen molar-refractivity contribution >= 4 is 11.6 Å². The van der Waals surface area contributed by atoms with Crippen LogP contribution in [0.15, 0.2) is 18.2 Å². The second kappa shape index (κ2) is 5.50. The average Bonchev–Trinajstić information content (AvgIpc) is 2.33. The molecule has 0 bridgehead atoms. The van der Waals surface area contributed by atoms with Gasteiger partial charge >= 0.3 is 6.18 Å². The molecule has 0 atom stereocenters. The van der Waals surface area contributed by atoms with E-state index in [0.29, 0.717) is 25.2 Å². The van der Waals surface area contributed by atoms with E-state index in [1.54, 1.807) is 0 Å². The number of halogens is 5. The highest BCUT2D eigenvalue weighted by molar-refractivity contribution is 6.31. The van der Waals surface area contributed by atoms with Gasteiger partial charge in [-0.3, -0.25) is 10.6 Å². The van der Waals surface area contributed by atoms with Crippen LogP contribution < -0.4 is 5.73 Å². The Morgan fingerprint density at radius 1 is 1.25 bits per heavy atom. The monoisotopic (exact) mass is 310 g/mol.